The first-order chi connectivity index (χ1) is 12.5. The second kappa shape index (κ2) is 7.65. The van der Waals surface area contributed by atoms with Gasteiger partial charge in [-0.1, -0.05) is 0 Å². The Morgan fingerprint density at radius 2 is 2.07 bits per heavy atom. The molecule has 1 aromatic rings. The number of sulfone groups is 1. The number of amides is 4. The minimum Gasteiger partial charge on any atom is -0.326 e. The molecule has 0 spiro atoms. The Balaban J connectivity index is 2.01. The number of anilines is 1. The van der Waals surface area contributed by atoms with Gasteiger partial charge in [-0.05, 0) is 18.6 Å². The number of carbonyl (C=O) groups is 3. The first kappa shape index (κ1) is 20.2. The van der Waals surface area contributed by atoms with Gasteiger partial charge in [0.05, 0.1) is 10.7 Å². The molecule has 1 aliphatic heterocycles. The smallest absolute Gasteiger partial charge is 0.325 e. The van der Waals surface area contributed by atoms with Crippen molar-refractivity contribution in [2.24, 2.45) is 0 Å². The highest BCUT2D eigenvalue weighted by molar-refractivity contribution is 7.90. The summed E-state index contributed by atoms with van der Waals surface area (Å²) in [6, 6.07) is 0.753. The number of imide groups is 1. The molecule has 4 amide bonds. The number of rotatable bonds is 7. The largest absolute Gasteiger partial charge is 0.326 e. The van der Waals surface area contributed by atoms with Crippen LogP contribution in [0.5, 0.6) is 0 Å². The number of hydrogen-bond donors (Lipinski definition) is 2. The van der Waals surface area contributed by atoms with Crippen molar-refractivity contribution in [3.05, 3.63) is 34.1 Å². The minimum absolute atomic E-state index is 0.0891. The van der Waals surface area contributed by atoms with Gasteiger partial charge < -0.3 is 10.6 Å². The molecule has 27 heavy (non-hydrogen) atoms. The van der Waals surface area contributed by atoms with E-state index in [0.29, 0.717) is 4.90 Å². The van der Waals surface area contributed by atoms with Crippen molar-refractivity contribution in [3.63, 3.8) is 0 Å². The number of halogens is 1. The van der Waals surface area contributed by atoms with Gasteiger partial charge in [0.15, 0.2) is 0 Å². The molecule has 0 bridgehead atoms. The lowest BCUT2D eigenvalue weighted by Gasteiger charge is -2.13. The molecule has 0 aliphatic carbocycles. The predicted octanol–water partition coefficient (Wildman–Crippen LogP) is 0.0275. The summed E-state index contributed by atoms with van der Waals surface area (Å²) in [6.45, 7) is -0.689. The fourth-order valence-corrected chi connectivity index (χ4v) is 2.99. The maximum Gasteiger partial charge on any atom is 0.325 e. The van der Waals surface area contributed by atoms with Crippen molar-refractivity contribution >= 4 is 39.1 Å². The van der Waals surface area contributed by atoms with Crippen LogP contribution in [0.2, 0.25) is 0 Å². The van der Waals surface area contributed by atoms with Crippen LogP contribution in [0.4, 0.5) is 20.6 Å². The molecule has 0 unspecified atom stereocenters. The van der Waals surface area contributed by atoms with E-state index in [4.69, 9.17) is 0 Å². The third kappa shape index (κ3) is 5.20. The van der Waals surface area contributed by atoms with Crippen LogP contribution in [0.3, 0.4) is 0 Å². The van der Waals surface area contributed by atoms with Gasteiger partial charge in [0, 0.05) is 18.0 Å². The Labute approximate surface area is 152 Å². The maximum absolute atomic E-state index is 13.3. The van der Waals surface area contributed by atoms with Crippen LogP contribution in [-0.4, -0.2) is 60.7 Å². The van der Waals surface area contributed by atoms with Gasteiger partial charge in [-0.25, -0.2) is 13.2 Å². The van der Waals surface area contributed by atoms with Crippen LogP contribution in [0.15, 0.2) is 18.2 Å². The molecule has 1 fully saturated rings. The fourth-order valence-electron chi connectivity index (χ4n) is 2.33. The monoisotopic (exact) mass is 402 g/mol. The third-order valence-electron chi connectivity index (χ3n) is 3.61. The highest BCUT2D eigenvalue weighted by Gasteiger charge is 2.39. The zero-order valence-electron chi connectivity index (χ0n) is 14.0. The Kier molecular flexibility index (Phi) is 5.73. The summed E-state index contributed by atoms with van der Waals surface area (Å²) < 4.78 is 35.6. The molecule has 0 aromatic heterocycles. The summed E-state index contributed by atoms with van der Waals surface area (Å²) in [5.41, 5.74) is -0.933. The quantitative estimate of drug-likeness (QED) is 0.370. The average Bonchev–Trinajstić information content (AvgIpc) is 2.81. The second-order valence-electron chi connectivity index (χ2n) is 5.82. The number of hydrogen-bond acceptors (Lipinski definition) is 7. The third-order valence-corrected chi connectivity index (χ3v) is 4.59. The van der Waals surface area contributed by atoms with Gasteiger partial charge in [-0.3, -0.25) is 24.6 Å². The van der Waals surface area contributed by atoms with E-state index in [1.807, 2.05) is 0 Å². The van der Waals surface area contributed by atoms with Gasteiger partial charge in [-0.2, -0.15) is 4.39 Å². The van der Waals surface area contributed by atoms with Crippen molar-refractivity contribution in [3.8, 4) is 0 Å². The second-order valence-corrected chi connectivity index (χ2v) is 8.08. The lowest BCUT2D eigenvalue weighted by atomic mass is 10.2. The zero-order valence-corrected chi connectivity index (χ0v) is 14.8. The van der Waals surface area contributed by atoms with Gasteiger partial charge >= 0.3 is 11.7 Å². The van der Waals surface area contributed by atoms with E-state index in [0.717, 1.165) is 24.5 Å². The first-order valence-corrected chi connectivity index (χ1v) is 9.57. The standard InChI is InChI=1S/C14H15FN4O7S/c1-27(25,26)5-4-10-13(21)18(14(22)17-10)7-12(20)16-8-2-3-9(15)11(6-8)19(23)24/h2-3,6,10H,4-5,7H2,1H3,(H,16,20)(H,17,22)/t10-/m1/s1. The van der Waals surface area contributed by atoms with E-state index in [2.05, 4.69) is 10.6 Å². The lowest BCUT2D eigenvalue weighted by molar-refractivity contribution is -0.387. The molecule has 13 heteroatoms. The SMILES string of the molecule is CS(=O)(=O)CC[C@H]1NC(=O)N(CC(=O)Nc2ccc(F)c([N+](=O)[O-])c2)C1=O. The van der Waals surface area contributed by atoms with Crippen molar-refractivity contribution in [1.29, 1.82) is 0 Å². The maximum atomic E-state index is 13.3. The summed E-state index contributed by atoms with van der Waals surface area (Å²) >= 11 is 0. The normalized spacial score (nSPS) is 17.0. The number of nitro groups is 1. The molecule has 146 valence electrons. The molecular weight excluding hydrogens is 387 g/mol. The summed E-state index contributed by atoms with van der Waals surface area (Å²) in [5, 5.41) is 15.2. The van der Waals surface area contributed by atoms with E-state index in [1.165, 1.54) is 0 Å². The molecule has 1 heterocycles. The van der Waals surface area contributed by atoms with Crippen LogP contribution < -0.4 is 10.6 Å². The molecular formula is C14H15FN4O7S. The summed E-state index contributed by atoms with van der Waals surface area (Å²) in [5.74, 6) is -3.00. The fraction of sp³-hybridized carbons (Fsp3) is 0.357. The molecule has 1 saturated heterocycles. The molecule has 1 aliphatic rings. The molecule has 2 rings (SSSR count). The lowest BCUT2D eigenvalue weighted by Crippen LogP contribution is -2.38. The minimum atomic E-state index is -3.34. The number of carbonyl (C=O) groups excluding carboxylic acids is 3. The number of nitro benzene ring substituents is 1. The highest BCUT2D eigenvalue weighted by atomic mass is 32.2. The summed E-state index contributed by atoms with van der Waals surface area (Å²) in [4.78, 5) is 46.3. The molecule has 2 N–H and O–H groups in total. The highest BCUT2D eigenvalue weighted by Crippen LogP contribution is 2.21. The first-order valence-electron chi connectivity index (χ1n) is 7.51. The Morgan fingerprint density at radius 3 is 2.67 bits per heavy atom. The van der Waals surface area contributed by atoms with Crippen molar-refractivity contribution in [2.75, 3.05) is 23.9 Å². The molecule has 0 saturated carbocycles. The van der Waals surface area contributed by atoms with Crippen LogP contribution >= 0.6 is 0 Å². The molecule has 1 aromatic carbocycles. The van der Waals surface area contributed by atoms with Gasteiger partial charge in [0.25, 0.3) is 5.91 Å². The predicted molar refractivity (Wildman–Crippen MR) is 90.0 cm³/mol. The Morgan fingerprint density at radius 1 is 1.41 bits per heavy atom. The summed E-state index contributed by atoms with van der Waals surface area (Å²) in [7, 11) is -3.34. The van der Waals surface area contributed by atoms with E-state index in [-0.39, 0.29) is 17.9 Å². The van der Waals surface area contributed by atoms with E-state index in [9.17, 15) is 37.3 Å². The molecule has 0 radical (unpaired) electrons. The van der Waals surface area contributed by atoms with Gasteiger partial charge in [-0.15, -0.1) is 0 Å². The number of nitrogens with zero attached hydrogens (tertiary/aromatic N) is 2. The van der Waals surface area contributed by atoms with Crippen LogP contribution in [0, 0.1) is 15.9 Å². The van der Waals surface area contributed by atoms with Crippen LogP contribution in [-0.2, 0) is 19.4 Å². The van der Waals surface area contributed by atoms with Crippen molar-refractivity contribution in [2.45, 2.75) is 12.5 Å². The van der Waals surface area contributed by atoms with Gasteiger partial charge in [0.1, 0.15) is 22.4 Å². The Bertz CT molecular complexity index is 918. The van der Waals surface area contributed by atoms with Gasteiger partial charge in [0.2, 0.25) is 11.7 Å². The van der Waals surface area contributed by atoms with Crippen LogP contribution in [0.25, 0.3) is 0 Å². The number of benzene rings is 1. The molecule has 11 nitrogen and oxygen atoms in total. The molecule has 1 atom stereocenters. The topological polar surface area (TPSA) is 156 Å². The number of urea groups is 1. The zero-order chi connectivity index (χ0) is 20.4. The van der Waals surface area contributed by atoms with Crippen molar-refractivity contribution in [1.82, 2.24) is 10.2 Å². The van der Waals surface area contributed by atoms with Crippen LogP contribution in [0.1, 0.15) is 6.42 Å². The average molecular weight is 402 g/mol. The van der Waals surface area contributed by atoms with E-state index < -0.39 is 56.7 Å². The van der Waals surface area contributed by atoms with E-state index >= 15 is 0 Å². The summed E-state index contributed by atoms with van der Waals surface area (Å²) in [6.07, 6.45) is 0.854. The Hall–Kier alpha value is -3.09. The van der Waals surface area contributed by atoms with Crippen molar-refractivity contribution < 1.29 is 32.1 Å². The number of nitrogens with one attached hydrogen (secondary N) is 2. The van der Waals surface area contributed by atoms with E-state index in [1.54, 1.807) is 0 Å².